The van der Waals surface area contributed by atoms with Gasteiger partial charge in [0.1, 0.15) is 0 Å². The number of aromatic nitrogens is 1. The summed E-state index contributed by atoms with van der Waals surface area (Å²) in [5.74, 6) is -1.82. The summed E-state index contributed by atoms with van der Waals surface area (Å²) in [6, 6.07) is 13.5. The molecule has 1 heterocycles. The zero-order chi connectivity index (χ0) is 17.8. The van der Waals surface area contributed by atoms with Crippen molar-refractivity contribution in [2.24, 2.45) is 0 Å². The van der Waals surface area contributed by atoms with Crippen LogP contribution in [-0.2, 0) is 16.0 Å². The van der Waals surface area contributed by atoms with Crippen molar-refractivity contribution < 1.29 is 19.2 Å². The van der Waals surface area contributed by atoms with Gasteiger partial charge in [-0.2, -0.15) is 0 Å². The van der Waals surface area contributed by atoms with Gasteiger partial charge in [0.2, 0.25) is 0 Å². The molecule has 0 saturated carbocycles. The monoisotopic (exact) mass is 338 g/mol. The molecule has 2 aromatic carbocycles. The Morgan fingerprint density at radius 1 is 1.12 bits per heavy atom. The van der Waals surface area contributed by atoms with Gasteiger partial charge in [0.25, 0.3) is 11.5 Å². The maximum absolute atomic E-state index is 12.3. The molecule has 0 unspecified atom stereocenters. The van der Waals surface area contributed by atoms with Crippen LogP contribution in [0, 0.1) is 10.1 Å². The number of esters is 1. The zero-order valence-electron chi connectivity index (χ0n) is 13.1. The number of rotatable bonds is 6. The fourth-order valence-corrected chi connectivity index (χ4v) is 2.49. The van der Waals surface area contributed by atoms with E-state index in [0.29, 0.717) is 17.3 Å². The summed E-state index contributed by atoms with van der Waals surface area (Å²) in [5, 5.41) is 11.2. The van der Waals surface area contributed by atoms with Gasteiger partial charge in [0.15, 0.2) is 0 Å². The molecule has 0 saturated heterocycles. The lowest BCUT2D eigenvalue weighted by Crippen LogP contribution is -2.18. The molecule has 1 aromatic heterocycles. The molecule has 3 rings (SSSR count). The quantitative estimate of drug-likeness (QED) is 0.245. The van der Waals surface area contributed by atoms with Gasteiger partial charge in [0, 0.05) is 35.7 Å². The highest BCUT2D eigenvalue weighted by Crippen LogP contribution is 2.24. The van der Waals surface area contributed by atoms with Gasteiger partial charge >= 0.3 is 5.97 Å². The van der Waals surface area contributed by atoms with Crippen molar-refractivity contribution in [2.45, 2.75) is 6.42 Å². The Morgan fingerprint density at radius 2 is 1.88 bits per heavy atom. The Labute approximate surface area is 142 Å². The van der Waals surface area contributed by atoms with E-state index in [1.165, 1.54) is 24.4 Å². The van der Waals surface area contributed by atoms with E-state index in [4.69, 9.17) is 4.74 Å². The van der Waals surface area contributed by atoms with Crippen LogP contribution >= 0.6 is 0 Å². The third kappa shape index (κ3) is 3.55. The Morgan fingerprint density at radius 3 is 2.60 bits per heavy atom. The highest BCUT2D eigenvalue weighted by Gasteiger charge is 2.22. The number of carbonyl (C=O) groups is 2. The molecule has 0 spiro atoms. The number of H-pyrrole nitrogens is 1. The number of nitro groups is 1. The van der Waals surface area contributed by atoms with Crippen molar-refractivity contribution >= 4 is 28.3 Å². The van der Waals surface area contributed by atoms with Crippen LogP contribution in [0.15, 0.2) is 54.7 Å². The van der Waals surface area contributed by atoms with Crippen molar-refractivity contribution in [2.75, 3.05) is 6.61 Å². The van der Waals surface area contributed by atoms with Crippen LogP contribution in [0.25, 0.3) is 10.9 Å². The first-order valence-electron chi connectivity index (χ1n) is 7.57. The van der Waals surface area contributed by atoms with Gasteiger partial charge in [-0.05, 0) is 11.6 Å². The summed E-state index contributed by atoms with van der Waals surface area (Å²) in [4.78, 5) is 37.4. The number of fused-ring (bicyclic) bond motifs is 1. The summed E-state index contributed by atoms with van der Waals surface area (Å²) in [6.07, 6.45) is 1.86. The van der Waals surface area contributed by atoms with Gasteiger partial charge in [-0.15, -0.1) is 0 Å². The first-order chi connectivity index (χ1) is 12.1. The predicted octanol–water partition coefficient (Wildman–Crippen LogP) is 3.04. The lowest BCUT2D eigenvalue weighted by molar-refractivity contribution is -0.384. The molecule has 3 aromatic rings. The van der Waals surface area contributed by atoms with E-state index >= 15 is 0 Å². The molecule has 0 fully saturated rings. The summed E-state index contributed by atoms with van der Waals surface area (Å²) in [6.45, 7) is 0.0804. The first-order valence-corrected chi connectivity index (χ1v) is 7.57. The number of hydrogen-bond acceptors (Lipinski definition) is 5. The average Bonchev–Trinajstić information content (AvgIpc) is 3.05. The van der Waals surface area contributed by atoms with Crippen molar-refractivity contribution in [1.82, 2.24) is 4.98 Å². The largest absolute Gasteiger partial charge is 0.459 e. The Kier molecular flexibility index (Phi) is 4.56. The van der Waals surface area contributed by atoms with E-state index in [0.717, 1.165) is 5.56 Å². The molecule has 0 bridgehead atoms. The van der Waals surface area contributed by atoms with E-state index < -0.39 is 16.7 Å². The molecule has 0 aliphatic carbocycles. The molecule has 7 nitrogen and oxygen atoms in total. The number of ether oxygens (including phenoxy) is 1. The third-order valence-corrected chi connectivity index (χ3v) is 3.77. The lowest BCUT2D eigenvalue weighted by atomic mass is 10.1. The number of benzene rings is 2. The lowest BCUT2D eigenvalue weighted by Gasteiger charge is -2.04. The second-order valence-corrected chi connectivity index (χ2v) is 5.39. The van der Waals surface area contributed by atoms with Crippen molar-refractivity contribution in [3.05, 3.63) is 76.0 Å². The molecule has 1 N–H and O–H groups in total. The number of ketones is 1. The predicted molar refractivity (Wildman–Crippen MR) is 90.4 cm³/mol. The molecule has 25 heavy (non-hydrogen) atoms. The van der Waals surface area contributed by atoms with E-state index in [1.807, 2.05) is 30.3 Å². The van der Waals surface area contributed by atoms with Gasteiger partial charge < -0.3 is 9.72 Å². The molecular formula is C18H14N2O5. The molecule has 0 amide bonds. The Balaban J connectivity index is 1.71. The van der Waals surface area contributed by atoms with E-state index in [9.17, 15) is 19.7 Å². The van der Waals surface area contributed by atoms with Crippen molar-refractivity contribution in [3.63, 3.8) is 0 Å². The fraction of sp³-hybridized carbons (Fsp3) is 0.111. The summed E-state index contributed by atoms with van der Waals surface area (Å²) in [5.41, 5.74) is 1.43. The molecular weight excluding hydrogens is 324 g/mol. The molecule has 0 atom stereocenters. The summed E-state index contributed by atoms with van der Waals surface area (Å²) >= 11 is 0. The van der Waals surface area contributed by atoms with Gasteiger partial charge in [0.05, 0.1) is 17.1 Å². The highest BCUT2D eigenvalue weighted by molar-refractivity contribution is 6.43. The number of nitro benzene ring substituents is 1. The van der Waals surface area contributed by atoms with Gasteiger partial charge in [-0.1, -0.05) is 30.3 Å². The van der Waals surface area contributed by atoms with E-state index in [-0.39, 0.29) is 17.9 Å². The number of Topliss-reactive ketones (excluding diaryl/α,β-unsaturated/α-hetero) is 1. The molecule has 126 valence electrons. The van der Waals surface area contributed by atoms with Crippen LogP contribution in [0.5, 0.6) is 0 Å². The van der Waals surface area contributed by atoms with Gasteiger partial charge in [-0.25, -0.2) is 4.79 Å². The topological polar surface area (TPSA) is 102 Å². The molecule has 0 aliphatic heterocycles. The number of non-ortho nitro benzene ring substituents is 1. The minimum atomic E-state index is -0.983. The molecule has 7 heteroatoms. The maximum atomic E-state index is 12.3. The average molecular weight is 338 g/mol. The second-order valence-electron chi connectivity index (χ2n) is 5.39. The number of hydrogen-bond donors (Lipinski definition) is 1. The Hall–Kier alpha value is -3.48. The number of carbonyl (C=O) groups excluding carboxylic acids is 2. The number of nitrogens with zero attached hydrogens (tertiary/aromatic N) is 1. The molecule has 0 aliphatic rings. The fourth-order valence-electron chi connectivity index (χ4n) is 2.49. The highest BCUT2D eigenvalue weighted by atomic mass is 16.6. The standard InChI is InChI=1S/C18H14N2O5/c21-17(18(22)25-9-8-12-4-2-1-3-5-12)15-11-19-16-7-6-13(20(23)24)10-14(15)16/h1-7,10-11,19H,8-9H2. The van der Waals surface area contributed by atoms with Crippen LogP contribution < -0.4 is 0 Å². The normalized spacial score (nSPS) is 10.6. The van der Waals surface area contributed by atoms with Crippen LogP contribution in [0.1, 0.15) is 15.9 Å². The van der Waals surface area contributed by atoms with Crippen molar-refractivity contribution in [3.8, 4) is 0 Å². The van der Waals surface area contributed by atoms with Crippen LogP contribution in [0.2, 0.25) is 0 Å². The molecule has 0 radical (unpaired) electrons. The van der Waals surface area contributed by atoms with E-state index in [2.05, 4.69) is 4.98 Å². The van der Waals surface area contributed by atoms with Crippen LogP contribution in [0.3, 0.4) is 0 Å². The Bertz CT molecular complexity index is 947. The van der Waals surface area contributed by atoms with Crippen molar-refractivity contribution in [1.29, 1.82) is 0 Å². The maximum Gasteiger partial charge on any atom is 0.379 e. The second kappa shape index (κ2) is 6.96. The minimum Gasteiger partial charge on any atom is -0.459 e. The first kappa shape index (κ1) is 16.4. The summed E-state index contributed by atoms with van der Waals surface area (Å²) in [7, 11) is 0. The summed E-state index contributed by atoms with van der Waals surface area (Å²) < 4.78 is 5.02. The van der Waals surface area contributed by atoms with Crippen LogP contribution in [-0.4, -0.2) is 28.3 Å². The zero-order valence-corrected chi connectivity index (χ0v) is 13.1. The number of aromatic amines is 1. The van der Waals surface area contributed by atoms with Gasteiger partial charge in [-0.3, -0.25) is 14.9 Å². The van der Waals surface area contributed by atoms with E-state index in [1.54, 1.807) is 0 Å². The SMILES string of the molecule is O=C(OCCc1ccccc1)C(=O)c1c[nH]c2ccc([N+](=O)[O-])cc12. The van der Waals surface area contributed by atoms with Crippen LogP contribution in [0.4, 0.5) is 5.69 Å². The smallest absolute Gasteiger partial charge is 0.379 e. The third-order valence-electron chi connectivity index (χ3n) is 3.77. The number of nitrogens with one attached hydrogen (secondary N) is 1. The minimum absolute atomic E-state index is 0.0587.